The van der Waals surface area contributed by atoms with E-state index in [4.69, 9.17) is 0 Å². The molecule has 0 aliphatic heterocycles. The molecular formula is C21H26FN3. The van der Waals surface area contributed by atoms with E-state index in [1.54, 1.807) is 36.9 Å². The lowest BCUT2D eigenvalue weighted by Crippen LogP contribution is -2.12. The molecule has 0 saturated heterocycles. The molecule has 0 aliphatic rings. The van der Waals surface area contributed by atoms with E-state index in [1.807, 2.05) is 32.2 Å². The van der Waals surface area contributed by atoms with Crippen LogP contribution in [0.4, 0.5) is 4.39 Å². The summed E-state index contributed by atoms with van der Waals surface area (Å²) in [4.78, 5) is 0. The van der Waals surface area contributed by atoms with Crippen molar-refractivity contribution >= 4 is 5.70 Å². The van der Waals surface area contributed by atoms with Crippen LogP contribution in [0.1, 0.15) is 26.3 Å². The SMILES string of the molecule is C=C/C(=C/C(F)=C(C)C)C(=C)NC(=C/C)/C=C(\C=C)n1cc(C)cn1. The summed E-state index contributed by atoms with van der Waals surface area (Å²) in [6.45, 7) is 18.8. The van der Waals surface area contributed by atoms with Gasteiger partial charge in [-0.2, -0.15) is 5.10 Å². The lowest BCUT2D eigenvalue weighted by atomic mass is 10.1. The largest absolute Gasteiger partial charge is 0.356 e. The summed E-state index contributed by atoms with van der Waals surface area (Å²) in [6.07, 6.45) is 12.2. The van der Waals surface area contributed by atoms with Crippen molar-refractivity contribution in [3.05, 3.63) is 96.4 Å². The summed E-state index contributed by atoms with van der Waals surface area (Å²) < 4.78 is 15.6. The summed E-state index contributed by atoms with van der Waals surface area (Å²) in [5, 5.41) is 7.46. The second-order valence-electron chi connectivity index (χ2n) is 5.73. The first-order valence-corrected chi connectivity index (χ1v) is 7.97. The van der Waals surface area contributed by atoms with Crippen LogP contribution in [0.3, 0.4) is 0 Å². The third kappa shape index (κ3) is 5.92. The number of rotatable bonds is 8. The van der Waals surface area contributed by atoms with Gasteiger partial charge in [0.1, 0.15) is 5.83 Å². The highest BCUT2D eigenvalue weighted by atomic mass is 19.1. The normalized spacial score (nSPS) is 12.6. The van der Waals surface area contributed by atoms with Crippen LogP contribution >= 0.6 is 0 Å². The quantitative estimate of drug-likeness (QED) is 0.625. The van der Waals surface area contributed by atoms with Crippen molar-refractivity contribution in [1.29, 1.82) is 0 Å². The lowest BCUT2D eigenvalue weighted by Gasteiger charge is -2.13. The molecule has 0 amide bonds. The average Bonchev–Trinajstić information content (AvgIpc) is 3.01. The minimum atomic E-state index is -0.297. The van der Waals surface area contributed by atoms with Crippen LogP contribution in [-0.2, 0) is 0 Å². The van der Waals surface area contributed by atoms with Gasteiger partial charge in [0.05, 0.1) is 11.9 Å². The number of nitrogens with zero attached hydrogens (tertiary/aromatic N) is 2. The second-order valence-corrected chi connectivity index (χ2v) is 5.73. The van der Waals surface area contributed by atoms with Crippen LogP contribution in [0.15, 0.2) is 90.9 Å². The summed E-state index contributed by atoms with van der Waals surface area (Å²) in [6, 6.07) is 0. The highest BCUT2D eigenvalue weighted by molar-refractivity contribution is 5.59. The predicted octanol–water partition coefficient (Wildman–Crippen LogP) is 5.60. The molecule has 1 N–H and O–H groups in total. The summed E-state index contributed by atoms with van der Waals surface area (Å²) in [7, 11) is 0. The number of allylic oxidation sites excluding steroid dienone is 8. The fourth-order valence-electron chi connectivity index (χ4n) is 1.92. The van der Waals surface area contributed by atoms with Crippen LogP contribution in [0.25, 0.3) is 5.70 Å². The maximum atomic E-state index is 13.9. The molecule has 0 atom stereocenters. The lowest BCUT2D eigenvalue weighted by molar-refractivity contribution is 0.653. The Hall–Kier alpha value is -2.88. The van der Waals surface area contributed by atoms with E-state index in [1.165, 1.54) is 6.08 Å². The van der Waals surface area contributed by atoms with Crippen molar-refractivity contribution in [2.24, 2.45) is 0 Å². The molecule has 1 heterocycles. The van der Waals surface area contributed by atoms with Gasteiger partial charge in [-0.1, -0.05) is 31.9 Å². The van der Waals surface area contributed by atoms with Crippen molar-refractivity contribution in [3.63, 3.8) is 0 Å². The third-order valence-corrected chi connectivity index (χ3v) is 3.42. The van der Waals surface area contributed by atoms with E-state index in [0.29, 0.717) is 16.8 Å². The first-order valence-electron chi connectivity index (χ1n) is 7.97. The molecule has 0 bridgehead atoms. The topological polar surface area (TPSA) is 29.9 Å². The zero-order valence-corrected chi connectivity index (χ0v) is 15.4. The first-order chi connectivity index (χ1) is 11.8. The zero-order valence-electron chi connectivity index (χ0n) is 15.4. The first kappa shape index (κ1) is 20.2. The monoisotopic (exact) mass is 339 g/mol. The van der Waals surface area contributed by atoms with Crippen LogP contribution in [0, 0.1) is 6.92 Å². The number of nitrogens with one attached hydrogen (secondary N) is 1. The van der Waals surface area contributed by atoms with Gasteiger partial charge in [-0.3, -0.25) is 0 Å². The van der Waals surface area contributed by atoms with E-state index in [2.05, 4.69) is 30.2 Å². The van der Waals surface area contributed by atoms with Gasteiger partial charge >= 0.3 is 0 Å². The molecule has 0 aromatic carbocycles. The Morgan fingerprint density at radius 3 is 2.36 bits per heavy atom. The van der Waals surface area contributed by atoms with Crippen LogP contribution in [0.2, 0.25) is 0 Å². The average molecular weight is 339 g/mol. The minimum absolute atomic E-state index is 0.297. The molecule has 1 aromatic heterocycles. The number of aryl methyl sites for hydroxylation is 1. The molecule has 4 heteroatoms. The molecule has 0 fully saturated rings. The van der Waals surface area contributed by atoms with E-state index >= 15 is 0 Å². The fraction of sp³-hybridized carbons (Fsp3) is 0.190. The van der Waals surface area contributed by atoms with Gasteiger partial charge in [0.25, 0.3) is 0 Å². The van der Waals surface area contributed by atoms with E-state index < -0.39 is 0 Å². The molecular weight excluding hydrogens is 313 g/mol. The maximum Gasteiger partial charge on any atom is 0.122 e. The van der Waals surface area contributed by atoms with Crippen molar-refractivity contribution in [3.8, 4) is 0 Å². The standard InChI is InChI=1S/C21H26FN3/c1-8-18(11-21(22)15(4)5)17(7)24-19(9-2)12-20(10-3)25-14-16(6)13-23-25/h8-14,24H,1,3,7H2,2,4-6H3/b18-11-,19-9+,20-12+. The Balaban J connectivity index is 3.07. The zero-order chi connectivity index (χ0) is 19.0. The summed E-state index contributed by atoms with van der Waals surface area (Å²) in [5.41, 5.74) is 4.39. The molecule has 0 unspecified atom stereocenters. The van der Waals surface area contributed by atoms with Gasteiger partial charge in [-0.15, -0.1) is 0 Å². The Bertz CT molecular complexity index is 782. The predicted molar refractivity (Wildman–Crippen MR) is 105 cm³/mol. The molecule has 1 aromatic rings. The Labute approximate surface area is 149 Å². The molecule has 0 spiro atoms. The highest BCUT2D eigenvalue weighted by Crippen LogP contribution is 2.16. The molecule has 1 rings (SSSR count). The van der Waals surface area contributed by atoms with Gasteiger partial charge in [-0.25, -0.2) is 9.07 Å². The third-order valence-electron chi connectivity index (χ3n) is 3.42. The van der Waals surface area contributed by atoms with Crippen molar-refractivity contribution in [1.82, 2.24) is 15.1 Å². The van der Waals surface area contributed by atoms with Gasteiger partial charge in [0, 0.05) is 17.6 Å². The van der Waals surface area contributed by atoms with Gasteiger partial charge in [0.2, 0.25) is 0 Å². The molecule has 3 nitrogen and oxygen atoms in total. The smallest absolute Gasteiger partial charge is 0.122 e. The number of hydrogen-bond donors (Lipinski definition) is 1. The second kappa shape index (κ2) is 9.42. The Morgan fingerprint density at radius 1 is 1.24 bits per heavy atom. The van der Waals surface area contributed by atoms with Crippen LogP contribution in [-0.4, -0.2) is 9.78 Å². The van der Waals surface area contributed by atoms with Crippen molar-refractivity contribution < 1.29 is 4.39 Å². The van der Waals surface area contributed by atoms with Crippen molar-refractivity contribution in [2.45, 2.75) is 27.7 Å². The minimum Gasteiger partial charge on any atom is -0.356 e. The molecule has 25 heavy (non-hydrogen) atoms. The Morgan fingerprint density at radius 2 is 1.92 bits per heavy atom. The van der Waals surface area contributed by atoms with Crippen LogP contribution in [0.5, 0.6) is 0 Å². The van der Waals surface area contributed by atoms with E-state index in [0.717, 1.165) is 17.0 Å². The molecule has 132 valence electrons. The Kier molecular flexibility index (Phi) is 7.60. The van der Waals surface area contributed by atoms with Gasteiger partial charge in [-0.05, 0) is 62.6 Å². The highest BCUT2D eigenvalue weighted by Gasteiger charge is 2.05. The summed E-state index contributed by atoms with van der Waals surface area (Å²) >= 11 is 0. The number of aromatic nitrogens is 2. The van der Waals surface area contributed by atoms with Crippen LogP contribution < -0.4 is 5.32 Å². The molecule has 0 aliphatic carbocycles. The van der Waals surface area contributed by atoms with Gasteiger partial charge < -0.3 is 5.32 Å². The van der Waals surface area contributed by atoms with E-state index in [9.17, 15) is 4.39 Å². The number of halogens is 1. The molecule has 0 radical (unpaired) electrons. The fourth-order valence-corrected chi connectivity index (χ4v) is 1.92. The number of hydrogen-bond acceptors (Lipinski definition) is 2. The van der Waals surface area contributed by atoms with E-state index in [-0.39, 0.29) is 5.83 Å². The van der Waals surface area contributed by atoms with Crippen molar-refractivity contribution in [2.75, 3.05) is 0 Å². The molecule has 0 saturated carbocycles. The summed E-state index contributed by atoms with van der Waals surface area (Å²) in [5.74, 6) is -0.297. The maximum absolute atomic E-state index is 13.9. The van der Waals surface area contributed by atoms with Gasteiger partial charge in [0.15, 0.2) is 0 Å².